The van der Waals surface area contributed by atoms with E-state index in [2.05, 4.69) is 63.3 Å². The molecular formula is C19H24N4. The van der Waals surface area contributed by atoms with Gasteiger partial charge in [-0.2, -0.15) is 9.61 Å². The van der Waals surface area contributed by atoms with Crippen molar-refractivity contribution in [1.29, 1.82) is 0 Å². The molecule has 1 N–H and O–H groups in total. The predicted octanol–water partition coefficient (Wildman–Crippen LogP) is 4.48. The summed E-state index contributed by atoms with van der Waals surface area (Å²) in [5.41, 5.74) is 5.33. The van der Waals surface area contributed by atoms with E-state index in [1.165, 1.54) is 0 Å². The summed E-state index contributed by atoms with van der Waals surface area (Å²) in [7, 11) is 0. The highest BCUT2D eigenvalue weighted by Gasteiger charge is 2.16. The Morgan fingerprint density at radius 3 is 2.57 bits per heavy atom. The van der Waals surface area contributed by atoms with Crippen LogP contribution in [0, 0.1) is 6.92 Å². The number of hydrogen-bond donors (Lipinski definition) is 1. The normalized spacial score (nSPS) is 11.3. The van der Waals surface area contributed by atoms with Gasteiger partial charge in [-0.1, -0.05) is 43.7 Å². The smallest absolute Gasteiger partial charge is 0.165 e. The van der Waals surface area contributed by atoms with Crippen LogP contribution in [0.5, 0.6) is 0 Å². The number of nitrogens with one attached hydrogen (secondary N) is 1. The van der Waals surface area contributed by atoms with Gasteiger partial charge in [0.05, 0.1) is 5.69 Å². The Morgan fingerprint density at radius 1 is 1.17 bits per heavy atom. The molecule has 0 atom stereocenters. The molecule has 0 aliphatic rings. The molecule has 3 rings (SSSR count). The molecular weight excluding hydrogens is 284 g/mol. The van der Waals surface area contributed by atoms with Crippen molar-refractivity contribution in [3.8, 4) is 11.1 Å². The van der Waals surface area contributed by atoms with Crippen molar-refractivity contribution in [3.63, 3.8) is 0 Å². The molecule has 0 bridgehead atoms. The van der Waals surface area contributed by atoms with E-state index in [1.54, 1.807) is 0 Å². The monoisotopic (exact) mass is 308 g/mol. The molecule has 0 aliphatic carbocycles. The van der Waals surface area contributed by atoms with Gasteiger partial charge in [0.1, 0.15) is 5.82 Å². The SMILES string of the molecule is CCCc1cc(NC(C)C)n2nc(C)c(-c3ccccc3)c2n1. The van der Waals surface area contributed by atoms with E-state index in [1.807, 2.05) is 10.6 Å². The summed E-state index contributed by atoms with van der Waals surface area (Å²) in [4.78, 5) is 4.89. The average molecular weight is 308 g/mol. The fourth-order valence-corrected chi connectivity index (χ4v) is 2.90. The molecule has 0 radical (unpaired) electrons. The summed E-state index contributed by atoms with van der Waals surface area (Å²) < 4.78 is 1.94. The molecule has 0 amide bonds. The van der Waals surface area contributed by atoms with Gasteiger partial charge in [0.2, 0.25) is 0 Å². The van der Waals surface area contributed by atoms with Crippen LogP contribution in [0.2, 0.25) is 0 Å². The van der Waals surface area contributed by atoms with Gasteiger partial charge in [-0.15, -0.1) is 0 Å². The molecule has 3 aromatic rings. The van der Waals surface area contributed by atoms with E-state index < -0.39 is 0 Å². The van der Waals surface area contributed by atoms with Crippen LogP contribution < -0.4 is 5.32 Å². The second kappa shape index (κ2) is 6.41. The van der Waals surface area contributed by atoms with E-state index in [-0.39, 0.29) is 0 Å². The van der Waals surface area contributed by atoms with Crippen LogP contribution in [0.25, 0.3) is 16.8 Å². The Morgan fingerprint density at radius 2 is 1.91 bits per heavy atom. The van der Waals surface area contributed by atoms with Crippen molar-refractivity contribution >= 4 is 11.5 Å². The zero-order chi connectivity index (χ0) is 16.4. The lowest BCUT2D eigenvalue weighted by molar-refractivity contribution is 0.824. The highest BCUT2D eigenvalue weighted by Crippen LogP contribution is 2.29. The first kappa shape index (κ1) is 15.5. The summed E-state index contributed by atoms with van der Waals surface area (Å²) >= 11 is 0. The molecule has 0 saturated carbocycles. The fourth-order valence-electron chi connectivity index (χ4n) is 2.90. The van der Waals surface area contributed by atoms with Crippen molar-refractivity contribution in [2.45, 2.75) is 46.6 Å². The fraction of sp³-hybridized carbons (Fsp3) is 0.368. The Bertz CT molecular complexity index is 803. The number of aromatic nitrogens is 3. The average Bonchev–Trinajstić information content (AvgIpc) is 2.84. The first-order valence-electron chi connectivity index (χ1n) is 8.31. The molecule has 2 aromatic heterocycles. The molecule has 4 heteroatoms. The van der Waals surface area contributed by atoms with Gasteiger partial charge in [0.15, 0.2) is 5.65 Å². The van der Waals surface area contributed by atoms with E-state index in [0.717, 1.165) is 46.8 Å². The summed E-state index contributed by atoms with van der Waals surface area (Å²) in [6.45, 7) is 8.51. The quantitative estimate of drug-likeness (QED) is 0.755. The van der Waals surface area contributed by atoms with Crippen molar-refractivity contribution in [2.24, 2.45) is 0 Å². The summed E-state index contributed by atoms with van der Waals surface area (Å²) in [5.74, 6) is 1.01. The minimum Gasteiger partial charge on any atom is -0.368 e. The van der Waals surface area contributed by atoms with Gasteiger partial charge in [0, 0.05) is 23.4 Å². The van der Waals surface area contributed by atoms with Gasteiger partial charge in [-0.3, -0.25) is 0 Å². The minimum atomic E-state index is 0.347. The summed E-state index contributed by atoms with van der Waals surface area (Å²) in [6.07, 6.45) is 2.06. The molecule has 4 nitrogen and oxygen atoms in total. The van der Waals surface area contributed by atoms with E-state index in [4.69, 9.17) is 10.1 Å². The van der Waals surface area contributed by atoms with Crippen LogP contribution in [-0.2, 0) is 6.42 Å². The highest BCUT2D eigenvalue weighted by molar-refractivity contribution is 5.80. The van der Waals surface area contributed by atoms with Crippen LogP contribution in [0.15, 0.2) is 36.4 Å². The van der Waals surface area contributed by atoms with Crippen molar-refractivity contribution in [3.05, 3.63) is 47.8 Å². The Kier molecular flexibility index (Phi) is 4.33. The Hall–Kier alpha value is -2.36. The number of nitrogens with zero attached hydrogens (tertiary/aromatic N) is 3. The van der Waals surface area contributed by atoms with E-state index in [0.29, 0.717) is 6.04 Å². The largest absolute Gasteiger partial charge is 0.368 e. The number of fused-ring (bicyclic) bond motifs is 1. The maximum absolute atomic E-state index is 4.89. The minimum absolute atomic E-state index is 0.347. The molecule has 0 aliphatic heterocycles. The molecule has 23 heavy (non-hydrogen) atoms. The topological polar surface area (TPSA) is 42.2 Å². The van der Waals surface area contributed by atoms with Crippen molar-refractivity contribution < 1.29 is 0 Å². The maximum atomic E-state index is 4.89. The predicted molar refractivity (Wildman–Crippen MR) is 95.9 cm³/mol. The lowest BCUT2D eigenvalue weighted by atomic mass is 10.1. The third-order valence-electron chi connectivity index (χ3n) is 3.82. The Balaban J connectivity index is 2.25. The molecule has 120 valence electrons. The zero-order valence-corrected chi connectivity index (χ0v) is 14.3. The van der Waals surface area contributed by atoms with Gasteiger partial charge in [-0.05, 0) is 32.8 Å². The number of aryl methyl sites for hydroxylation is 2. The third kappa shape index (κ3) is 3.07. The van der Waals surface area contributed by atoms with Gasteiger partial charge in [0.25, 0.3) is 0 Å². The van der Waals surface area contributed by atoms with E-state index in [9.17, 15) is 0 Å². The summed E-state index contributed by atoms with van der Waals surface area (Å²) in [6, 6.07) is 12.9. The lowest BCUT2D eigenvalue weighted by Crippen LogP contribution is -2.14. The number of benzene rings is 1. The van der Waals surface area contributed by atoms with Crippen LogP contribution in [0.1, 0.15) is 38.6 Å². The second-order valence-electron chi connectivity index (χ2n) is 6.24. The molecule has 2 heterocycles. The van der Waals surface area contributed by atoms with E-state index >= 15 is 0 Å². The number of hydrogen-bond acceptors (Lipinski definition) is 3. The number of rotatable bonds is 5. The van der Waals surface area contributed by atoms with Gasteiger partial charge >= 0.3 is 0 Å². The maximum Gasteiger partial charge on any atom is 0.165 e. The van der Waals surface area contributed by atoms with Crippen LogP contribution in [0.4, 0.5) is 5.82 Å². The molecule has 0 saturated heterocycles. The first-order valence-corrected chi connectivity index (χ1v) is 8.31. The molecule has 0 fully saturated rings. The first-order chi connectivity index (χ1) is 11.1. The summed E-state index contributed by atoms with van der Waals surface area (Å²) in [5, 5.41) is 8.23. The molecule has 0 spiro atoms. The van der Waals surface area contributed by atoms with Gasteiger partial charge < -0.3 is 5.32 Å². The standard InChI is InChI=1S/C19H24N4/c1-5-9-16-12-17(20-13(2)3)23-19(21-16)18(14(4)22-23)15-10-7-6-8-11-15/h6-8,10-13,20H,5,9H2,1-4H3. The van der Waals surface area contributed by atoms with Crippen LogP contribution >= 0.6 is 0 Å². The molecule has 0 unspecified atom stereocenters. The van der Waals surface area contributed by atoms with Crippen molar-refractivity contribution in [2.75, 3.05) is 5.32 Å². The second-order valence-corrected chi connectivity index (χ2v) is 6.24. The van der Waals surface area contributed by atoms with Crippen LogP contribution in [0.3, 0.4) is 0 Å². The zero-order valence-electron chi connectivity index (χ0n) is 14.3. The van der Waals surface area contributed by atoms with Gasteiger partial charge in [-0.25, -0.2) is 4.98 Å². The van der Waals surface area contributed by atoms with Crippen LogP contribution in [-0.4, -0.2) is 20.6 Å². The molecule has 1 aromatic carbocycles. The Labute approximate surface area is 137 Å². The highest BCUT2D eigenvalue weighted by atomic mass is 15.3. The number of anilines is 1. The van der Waals surface area contributed by atoms with Crippen molar-refractivity contribution in [1.82, 2.24) is 14.6 Å². The lowest BCUT2D eigenvalue weighted by Gasteiger charge is -2.13. The third-order valence-corrected chi connectivity index (χ3v) is 3.82.